The summed E-state index contributed by atoms with van der Waals surface area (Å²) < 4.78 is 18.2. The molecule has 0 aliphatic carbocycles. The van der Waals surface area contributed by atoms with Crippen molar-refractivity contribution >= 4 is 12.0 Å². The maximum absolute atomic E-state index is 13.0. The first-order chi connectivity index (χ1) is 10.2. The number of halogens is 1. The van der Waals surface area contributed by atoms with E-state index in [4.69, 9.17) is 4.74 Å². The Morgan fingerprint density at radius 1 is 1.24 bits per heavy atom. The molecule has 21 heavy (non-hydrogen) atoms. The van der Waals surface area contributed by atoms with Crippen LogP contribution in [0.3, 0.4) is 0 Å². The van der Waals surface area contributed by atoms with Crippen LogP contribution in [0, 0.1) is 5.82 Å². The Morgan fingerprint density at radius 2 is 2.05 bits per heavy atom. The minimum Gasteiger partial charge on any atom is -0.496 e. The minimum absolute atomic E-state index is 0.245. The second kappa shape index (κ2) is 7.24. The lowest BCUT2D eigenvalue weighted by Crippen LogP contribution is -2.20. The molecule has 0 aliphatic heterocycles. The molecular weight excluding hydrogens is 269 g/mol. The molecule has 108 valence electrons. The average molecular weight is 285 g/mol. The highest BCUT2D eigenvalue weighted by Gasteiger charge is 2.02. The third-order valence-electron chi connectivity index (χ3n) is 2.92. The van der Waals surface area contributed by atoms with Gasteiger partial charge < -0.3 is 10.1 Å². The predicted octanol–water partition coefficient (Wildman–Crippen LogP) is 3.16. The van der Waals surface area contributed by atoms with Crippen LogP contribution in [0.4, 0.5) is 4.39 Å². The van der Waals surface area contributed by atoms with E-state index in [1.165, 1.54) is 18.2 Å². The zero-order valence-electron chi connectivity index (χ0n) is 11.7. The number of methoxy groups -OCH3 is 1. The Labute approximate surface area is 123 Å². The summed E-state index contributed by atoms with van der Waals surface area (Å²) in [5.41, 5.74) is 1.54. The summed E-state index contributed by atoms with van der Waals surface area (Å²) in [4.78, 5) is 11.7. The molecule has 1 N–H and O–H groups in total. The van der Waals surface area contributed by atoms with E-state index in [1.54, 1.807) is 25.3 Å². The second-order valence-corrected chi connectivity index (χ2v) is 4.42. The van der Waals surface area contributed by atoms with Gasteiger partial charge in [-0.1, -0.05) is 30.3 Å². The topological polar surface area (TPSA) is 38.3 Å². The van der Waals surface area contributed by atoms with Crippen LogP contribution in [-0.2, 0) is 11.3 Å². The quantitative estimate of drug-likeness (QED) is 0.857. The summed E-state index contributed by atoms with van der Waals surface area (Å²) in [5, 5.41) is 2.76. The molecule has 0 atom stereocenters. The number of benzene rings is 2. The van der Waals surface area contributed by atoms with Gasteiger partial charge in [0.1, 0.15) is 11.6 Å². The van der Waals surface area contributed by atoms with Gasteiger partial charge in [-0.2, -0.15) is 0 Å². The second-order valence-electron chi connectivity index (χ2n) is 4.42. The highest BCUT2D eigenvalue weighted by molar-refractivity contribution is 5.91. The zero-order valence-corrected chi connectivity index (χ0v) is 11.7. The zero-order chi connectivity index (χ0) is 15.1. The van der Waals surface area contributed by atoms with Crippen LogP contribution in [0.5, 0.6) is 5.75 Å². The number of rotatable bonds is 5. The van der Waals surface area contributed by atoms with Crippen molar-refractivity contribution in [3.8, 4) is 5.75 Å². The summed E-state index contributed by atoms with van der Waals surface area (Å²) in [7, 11) is 1.59. The Bertz CT molecular complexity index is 653. The molecule has 0 aliphatic rings. The van der Waals surface area contributed by atoms with E-state index in [-0.39, 0.29) is 11.7 Å². The van der Waals surface area contributed by atoms with Gasteiger partial charge in [0, 0.05) is 18.2 Å². The fourth-order valence-electron chi connectivity index (χ4n) is 1.87. The number of amides is 1. The molecule has 1 amide bonds. The predicted molar refractivity (Wildman–Crippen MR) is 80.3 cm³/mol. The van der Waals surface area contributed by atoms with Gasteiger partial charge in [-0.05, 0) is 29.8 Å². The van der Waals surface area contributed by atoms with Crippen molar-refractivity contribution in [2.24, 2.45) is 0 Å². The summed E-state index contributed by atoms with van der Waals surface area (Å²) in [6, 6.07) is 13.5. The largest absolute Gasteiger partial charge is 0.496 e. The Kier molecular flexibility index (Phi) is 5.10. The lowest BCUT2D eigenvalue weighted by molar-refractivity contribution is -0.116. The van der Waals surface area contributed by atoms with Crippen molar-refractivity contribution in [1.29, 1.82) is 0 Å². The number of carbonyl (C=O) groups is 1. The summed E-state index contributed by atoms with van der Waals surface area (Å²) in [5.74, 6) is 0.156. The number of carbonyl (C=O) groups excluding carboxylic acids is 1. The van der Waals surface area contributed by atoms with Gasteiger partial charge in [0.25, 0.3) is 0 Å². The van der Waals surface area contributed by atoms with Gasteiger partial charge in [0.05, 0.1) is 7.11 Å². The smallest absolute Gasteiger partial charge is 0.244 e. The first-order valence-electron chi connectivity index (χ1n) is 6.52. The lowest BCUT2D eigenvalue weighted by atomic mass is 10.2. The molecule has 2 aromatic rings. The van der Waals surface area contributed by atoms with Crippen LogP contribution in [0.15, 0.2) is 54.6 Å². The first kappa shape index (κ1) is 14.8. The van der Waals surface area contributed by atoms with Crippen molar-refractivity contribution in [2.75, 3.05) is 7.11 Å². The SMILES string of the molecule is COc1ccccc1CNC(=O)/C=C/c1cccc(F)c1. The molecule has 4 heteroatoms. The highest BCUT2D eigenvalue weighted by Crippen LogP contribution is 2.16. The molecule has 0 spiro atoms. The fourth-order valence-corrected chi connectivity index (χ4v) is 1.87. The van der Waals surface area contributed by atoms with Crippen LogP contribution in [0.25, 0.3) is 6.08 Å². The van der Waals surface area contributed by atoms with Gasteiger partial charge in [-0.25, -0.2) is 4.39 Å². The molecule has 0 saturated heterocycles. The van der Waals surface area contributed by atoms with Crippen molar-refractivity contribution in [1.82, 2.24) is 5.32 Å². The van der Waals surface area contributed by atoms with Crippen molar-refractivity contribution < 1.29 is 13.9 Å². The van der Waals surface area contributed by atoms with Crippen LogP contribution in [0.1, 0.15) is 11.1 Å². The Morgan fingerprint density at radius 3 is 2.81 bits per heavy atom. The maximum Gasteiger partial charge on any atom is 0.244 e. The van der Waals surface area contributed by atoms with E-state index in [9.17, 15) is 9.18 Å². The van der Waals surface area contributed by atoms with E-state index in [0.29, 0.717) is 12.1 Å². The van der Waals surface area contributed by atoms with Crippen LogP contribution < -0.4 is 10.1 Å². The third kappa shape index (κ3) is 4.45. The minimum atomic E-state index is -0.327. The molecule has 0 heterocycles. The normalized spacial score (nSPS) is 10.6. The molecule has 0 aromatic heterocycles. The summed E-state index contributed by atoms with van der Waals surface area (Å²) >= 11 is 0. The standard InChI is InChI=1S/C17H16FNO2/c1-21-16-8-3-2-6-14(16)12-19-17(20)10-9-13-5-4-7-15(18)11-13/h2-11H,12H2,1H3,(H,19,20)/b10-9+. The van der Waals surface area contributed by atoms with E-state index in [2.05, 4.69) is 5.32 Å². The lowest BCUT2D eigenvalue weighted by Gasteiger charge is -2.08. The van der Waals surface area contributed by atoms with Crippen LogP contribution in [0.2, 0.25) is 0 Å². The molecule has 0 radical (unpaired) electrons. The number of nitrogens with one attached hydrogen (secondary N) is 1. The maximum atomic E-state index is 13.0. The fraction of sp³-hybridized carbons (Fsp3) is 0.118. The van der Waals surface area contributed by atoms with Crippen molar-refractivity contribution in [2.45, 2.75) is 6.54 Å². The van der Waals surface area contributed by atoms with Crippen molar-refractivity contribution in [3.63, 3.8) is 0 Å². The highest BCUT2D eigenvalue weighted by atomic mass is 19.1. The molecular formula is C17H16FNO2. The average Bonchev–Trinajstić information content (AvgIpc) is 2.51. The van der Waals surface area contributed by atoms with Gasteiger partial charge in [-0.15, -0.1) is 0 Å². The summed E-state index contributed by atoms with van der Waals surface area (Å²) in [6.07, 6.45) is 2.95. The van der Waals surface area contributed by atoms with E-state index >= 15 is 0 Å². The van der Waals surface area contributed by atoms with Gasteiger partial charge in [-0.3, -0.25) is 4.79 Å². The molecule has 2 rings (SSSR count). The van der Waals surface area contributed by atoms with Gasteiger partial charge >= 0.3 is 0 Å². The van der Waals surface area contributed by atoms with E-state index < -0.39 is 0 Å². The monoisotopic (exact) mass is 285 g/mol. The molecule has 3 nitrogen and oxygen atoms in total. The van der Waals surface area contributed by atoms with E-state index in [0.717, 1.165) is 11.3 Å². The van der Waals surface area contributed by atoms with Gasteiger partial charge in [0.15, 0.2) is 0 Å². The van der Waals surface area contributed by atoms with Gasteiger partial charge in [0.2, 0.25) is 5.91 Å². The number of para-hydroxylation sites is 1. The molecule has 0 unspecified atom stereocenters. The summed E-state index contributed by atoms with van der Waals surface area (Å²) in [6.45, 7) is 0.371. The third-order valence-corrected chi connectivity index (χ3v) is 2.92. The number of hydrogen-bond acceptors (Lipinski definition) is 2. The van der Waals surface area contributed by atoms with Crippen molar-refractivity contribution in [3.05, 3.63) is 71.6 Å². The van der Waals surface area contributed by atoms with Crippen LogP contribution >= 0.6 is 0 Å². The Hall–Kier alpha value is -2.62. The molecule has 0 bridgehead atoms. The first-order valence-corrected chi connectivity index (χ1v) is 6.52. The molecule has 2 aromatic carbocycles. The van der Waals surface area contributed by atoms with E-state index in [1.807, 2.05) is 24.3 Å². The molecule has 0 fully saturated rings. The number of ether oxygens (including phenoxy) is 1. The Balaban J connectivity index is 1.93. The number of hydrogen-bond donors (Lipinski definition) is 1. The van der Waals surface area contributed by atoms with Crippen LogP contribution in [-0.4, -0.2) is 13.0 Å². The molecule has 0 saturated carbocycles.